The lowest BCUT2D eigenvalue weighted by molar-refractivity contribution is 0.205. The van der Waals surface area contributed by atoms with E-state index in [0.717, 1.165) is 11.7 Å². The van der Waals surface area contributed by atoms with Crippen LogP contribution >= 0.6 is 0 Å². The summed E-state index contributed by atoms with van der Waals surface area (Å²) in [6.45, 7) is 7.11. The van der Waals surface area contributed by atoms with E-state index in [0.29, 0.717) is 11.8 Å². The fourth-order valence-electron chi connectivity index (χ4n) is 3.36. The van der Waals surface area contributed by atoms with Crippen LogP contribution in [0.15, 0.2) is 18.3 Å². The number of hydrogen-bond donors (Lipinski definition) is 1. The van der Waals surface area contributed by atoms with E-state index >= 15 is 0 Å². The second kappa shape index (κ2) is 7.07. The maximum Gasteiger partial charge on any atom is 0.126 e. The minimum absolute atomic E-state index is 0.545. The number of anilines is 1. The Hall–Kier alpha value is -1.09. The first kappa shape index (κ1) is 15.3. The Kier molecular flexibility index (Phi) is 5.41. The summed E-state index contributed by atoms with van der Waals surface area (Å²) in [7, 11) is 2.23. The van der Waals surface area contributed by atoms with E-state index in [2.05, 4.69) is 36.8 Å². The van der Waals surface area contributed by atoms with E-state index in [4.69, 9.17) is 5.73 Å². The van der Waals surface area contributed by atoms with Crippen molar-refractivity contribution >= 4 is 5.82 Å². The van der Waals surface area contributed by atoms with Crippen molar-refractivity contribution in [1.29, 1.82) is 0 Å². The molecule has 1 aliphatic heterocycles. The van der Waals surface area contributed by atoms with Crippen LogP contribution in [0.3, 0.4) is 0 Å². The monoisotopic (exact) mass is 275 g/mol. The van der Waals surface area contributed by atoms with Crippen molar-refractivity contribution in [3.63, 3.8) is 0 Å². The average Bonchev–Trinajstić information content (AvgIpc) is 2.42. The molecular weight excluding hydrogens is 246 g/mol. The van der Waals surface area contributed by atoms with E-state index in [1.807, 2.05) is 6.07 Å². The fraction of sp³-hybridized carbons (Fsp3) is 0.706. The zero-order chi connectivity index (χ0) is 14.5. The molecule has 0 amide bonds. The first-order valence-corrected chi connectivity index (χ1v) is 7.97. The molecule has 2 N–H and O–H groups in total. The molecule has 2 rings (SSSR count). The minimum Gasteiger partial charge on any atom is -0.383 e. The Bertz CT molecular complexity index is 408. The molecule has 0 spiro atoms. The van der Waals surface area contributed by atoms with Gasteiger partial charge in [-0.2, -0.15) is 0 Å². The summed E-state index contributed by atoms with van der Waals surface area (Å²) < 4.78 is 0. The standard InChI is InChI=1S/C17H29N3/c1-13(2)15(16-5-4-10-19-17(16)18)7-6-14-8-11-20(3)12-9-14/h4-5,10,13-15H,6-9,11-12H2,1-3H3,(H2,18,19)/t15-/m0/s1. The van der Waals surface area contributed by atoms with Gasteiger partial charge in [-0.15, -0.1) is 0 Å². The quantitative estimate of drug-likeness (QED) is 0.894. The lowest BCUT2D eigenvalue weighted by atomic mass is 9.81. The molecule has 0 radical (unpaired) electrons. The highest BCUT2D eigenvalue weighted by Crippen LogP contribution is 2.34. The number of rotatable bonds is 5. The van der Waals surface area contributed by atoms with Gasteiger partial charge in [0.25, 0.3) is 0 Å². The van der Waals surface area contributed by atoms with Crippen molar-refractivity contribution in [2.75, 3.05) is 25.9 Å². The predicted octanol–water partition coefficient (Wildman–Crippen LogP) is 3.53. The number of nitrogens with two attached hydrogens (primary N) is 1. The molecule has 0 aromatic carbocycles. The molecule has 1 aromatic rings. The summed E-state index contributed by atoms with van der Waals surface area (Å²) >= 11 is 0. The van der Waals surface area contributed by atoms with Crippen molar-refractivity contribution < 1.29 is 0 Å². The zero-order valence-electron chi connectivity index (χ0n) is 13.2. The Labute approximate surface area is 123 Å². The van der Waals surface area contributed by atoms with Gasteiger partial charge in [-0.25, -0.2) is 4.98 Å². The lowest BCUT2D eigenvalue weighted by Crippen LogP contribution is -2.30. The number of nitrogens with zero attached hydrogens (tertiary/aromatic N) is 2. The predicted molar refractivity (Wildman–Crippen MR) is 85.7 cm³/mol. The highest BCUT2D eigenvalue weighted by atomic mass is 15.1. The third-order valence-electron chi connectivity index (χ3n) is 4.80. The van der Waals surface area contributed by atoms with Crippen LogP contribution in [-0.4, -0.2) is 30.0 Å². The van der Waals surface area contributed by atoms with Crippen LogP contribution in [0.1, 0.15) is 51.0 Å². The third kappa shape index (κ3) is 3.95. The topological polar surface area (TPSA) is 42.2 Å². The van der Waals surface area contributed by atoms with Crippen LogP contribution in [0.2, 0.25) is 0 Å². The van der Waals surface area contributed by atoms with Crippen molar-refractivity contribution in [2.45, 2.75) is 45.4 Å². The van der Waals surface area contributed by atoms with Crippen LogP contribution in [-0.2, 0) is 0 Å². The number of hydrogen-bond acceptors (Lipinski definition) is 3. The second-order valence-electron chi connectivity index (χ2n) is 6.65. The molecule has 0 aliphatic carbocycles. The highest BCUT2D eigenvalue weighted by molar-refractivity contribution is 5.41. The normalized spacial score (nSPS) is 19.4. The van der Waals surface area contributed by atoms with Crippen molar-refractivity contribution in [2.24, 2.45) is 11.8 Å². The van der Waals surface area contributed by atoms with Gasteiger partial charge in [0.05, 0.1) is 0 Å². The van der Waals surface area contributed by atoms with Crippen LogP contribution < -0.4 is 5.73 Å². The number of piperidine rings is 1. The third-order valence-corrected chi connectivity index (χ3v) is 4.80. The molecular formula is C17H29N3. The van der Waals surface area contributed by atoms with Gasteiger partial charge in [-0.3, -0.25) is 0 Å². The van der Waals surface area contributed by atoms with E-state index < -0.39 is 0 Å². The van der Waals surface area contributed by atoms with E-state index in [-0.39, 0.29) is 0 Å². The molecule has 20 heavy (non-hydrogen) atoms. The SMILES string of the molecule is CC(C)[C@H](CCC1CCN(C)CC1)c1cccnc1N. The van der Waals surface area contributed by atoms with Crippen LogP contribution in [0.25, 0.3) is 0 Å². The van der Waals surface area contributed by atoms with Crippen molar-refractivity contribution in [3.8, 4) is 0 Å². The Morgan fingerprint density at radius 1 is 1.35 bits per heavy atom. The minimum atomic E-state index is 0.545. The van der Waals surface area contributed by atoms with Crippen LogP contribution in [0.5, 0.6) is 0 Å². The smallest absolute Gasteiger partial charge is 0.126 e. The molecule has 1 atom stereocenters. The van der Waals surface area contributed by atoms with Crippen molar-refractivity contribution in [3.05, 3.63) is 23.9 Å². The molecule has 2 heterocycles. The van der Waals surface area contributed by atoms with Crippen LogP contribution in [0.4, 0.5) is 5.82 Å². The fourth-order valence-corrected chi connectivity index (χ4v) is 3.36. The highest BCUT2D eigenvalue weighted by Gasteiger charge is 2.22. The maximum absolute atomic E-state index is 6.07. The van der Waals surface area contributed by atoms with Crippen molar-refractivity contribution in [1.82, 2.24) is 9.88 Å². The Morgan fingerprint density at radius 2 is 2.05 bits per heavy atom. The van der Waals surface area contributed by atoms with Gasteiger partial charge in [0.15, 0.2) is 0 Å². The summed E-state index contributed by atoms with van der Waals surface area (Å²) in [5, 5.41) is 0. The Morgan fingerprint density at radius 3 is 2.65 bits per heavy atom. The summed E-state index contributed by atoms with van der Waals surface area (Å²) in [4.78, 5) is 6.70. The largest absolute Gasteiger partial charge is 0.383 e. The molecule has 3 nitrogen and oxygen atoms in total. The molecule has 0 saturated carbocycles. The first-order chi connectivity index (χ1) is 9.58. The first-order valence-electron chi connectivity index (χ1n) is 7.97. The van der Waals surface area contributed by atoms with Crippen LogP contribution in [0, 0.1) is 11.8 Å². The lowest BCUT2D eigenvalue weighted by Gasteiger charge is -2.31. The molecule has 1 fully saturated rings. The van der Waals surface area contributed by atoms with E-state index in [1.54, 1.807) is 6.20 Å². The van der Waals surface area contributed by atoms with Gasteiger partial charge in [0, 0.05) is 6.20 Å². The Balaban J connectivity index is 1.95. The average molecular weight is 275 g/mol. The maximum atomic E-state index is 6.07. The molecule has 1 aromatic heterocycles. The molecule has 1 saturated heterocycles. The molecule has 3 heteroatoms. The summed E-state index contributed by atoms with van der Waals surface area (Å²) in [6.07, 6.45) is 7.05. The molecule has 0 bridgehead atoms. The van der Waals surface area contributed by atoms with Gasteiger partial charge in [-0.05, 0) is 75.2 Å². The molecule has 0 unspecified atom stereocenters. The zero-order valence-corrected chi connectivity index (χ0v) is 13.2. The van der Waals surface area contributed by atoms with Gasteiger partial charge in [-0.1, -0.05) is 19.9 Å². The summed E-state index contributed by atoms with van der Waals surface area (Å²) in [5.41, 5.74) is 7.31. The summed E-state index contributed by atoms with van der Waals surface area (Å²) in [6, 6.07) is 4.16. The van der Waals surface area contributed by atoms with Gasteiger partial charge in [0.1, 0.15) is 5.82 Å². The molecule has 1 aliphatic rings. The van der Waals surface area contributed by atoms with Gasteiger partial charge < -0.3 is 10.6 Å². The van der Waals surface area contributed by atoms with Gasteiger partial charge >= 0.3 is 0 Å². The van der Waals surface area contributed by atoms with E-state index in [9.17, 15) is 0 Å². The number of aromatic nitrogens is 1. The van der Waals surface area contributed by atoms with Gasteiger partial charge in [0.2, 0.25) is 0 Å². The number of pyridine rings is 1. The van der Waals surface area contributed by atoms with E-state index in [1.165, 1.54) is 44.3 Å². The second-order valence-corrected chi connectivity index (χ2v) is 6.65. The number of likely N-dealkylation sites (tertiary alicyclic amines) is 1. The molecule has 112 valence electrons. The number of nitrogen functional groups attached to an aromatic ring is 1. The summed E-state index contributed by atoms with van der Waals surface area (Å²) in [5.74, 6) is 2.77.